The number of rotatable bonds is 4. The molecule has 0 aliphatic carbocycles. The minimum Gasteiger partial charge on any atom is -0.465 e. The first-order valence-corrected chi connectivity index (χ1v) is 11.4. The van der Waals surface area contributed by atoms with E-state index < -0.39 is 35.6 Å². The number of aryl methyl sites for hydroxylation is 1. The molecule has 1 aromatic carbocycles. The van der Waals surface area contributed by atoms with Gasteiger partial charge in [0.1, 0.15) is 9.71 Å². The second kappa shape index (κ2) is 8.85. The number of ether oxygens (including phenoxy) is 2. The van der Waals surface area contributed by atoms with E-state index in [9.17, 15) is 27.6 Å². The molecule has 0 fully saturated rings. The fraction of sp³-hybridized carbons (Fsp3) is 0.125. The molecule has 188 valence electrons. The van der Waals surface area contributed by atoms with Gasteiger partial charge in [-0.2, -0.15) is 13.2 Å². The fourth-order valence-corrected chi connectivity index (χ4v) is 4.93. The summed E-state index contributed by atoms with van der Waals surface area (Å²) in [6.45, 7) is 1.66. The topological polar surface area (TPSA) is 111 Å². The number of nitrogens with one attached hydrogen (secondary N) is 1. The van der Waals surface area contributed by atoms with Crippen LogP contribution in [0.5, 0.6) is 5.88 Å². The van der Waals surface area contributed by atoms with Crippen LogP contribution in [-0.2, 0) is 10.9 Å². The number of thiophene rings is 1. The molecule has 5 rings (SSSR count). The molecule has 1 aliphatic rings. The van der Waals surface area contributed by atoms with E-state index in [0.717, 1.165) is 23.6 Å². The van der Waals surface area contributed by atoms with Gasteiger partial charge in [-0.3, -0.25) is 4.90 Å². The van der Waals surface area contributed by atoms with Gasteiger partial charge >= 0.3 is 24.1 Å². The third kappa shape index (κ3) is 4.22. The van der Waals surface area contributed by atoms with Crippen LogP contribution in [0.25, 0.3) is 10.2 Å². The summed E-state index contributed by atoms with van der Waals surface area (Å²) in [5.74, 6) is -2.02. The van der Waals surface area contributed by atoms with E-state index in [0.29, 0.717) is 38.9 Å². The van der Waals surface area contributed by atoms with Crippen LogP contribution in [0.15, 0.2) is 48.8 Å². The van der Waals surface area contributed by atoms with Crippen LogP contribution >= 0.6 is 11.3 Å². The predicted molar refractivity (Wildman–Crippen MR) is 127 cm³/mol. The lowest BCUT2D eigenvalue weighted by Crippen LogP contribution is -2.34. The number of nitrogens with zero attached hydrogens (tertiary/aromatic N) is 3. The van der Waals surface area contributed by atoms with Crippen molar-refractivity contribution >= 4 is 56.6 Å². The molecule has 4 aromatic rings. The van der Waals surface area contributed by atoms with Crippen molar-refractivity contribution in [2.75, 3.05) is 17.3 Å². The van der Waals surface area contributed by atoms with Crippen molar-refractivity contribution in [3.63, 3.8) is 0 Å². The standard InChI is InChI=1S/C24H15F3N4O5S/c1-11-9-12(21(32)36-16-10-13(5-7-28-16)24(25,26)27)3-4-14(11)31-15-6-8-29-20-17(15)18(30-23(31)34)19(37-20)22(33)35-2/h3-10H,1-2H3,(H,30,34). The first-order chi connectivity index (χ1) is 17.6. The number of amides is 2. The van der Waals surface area contributed by atoms with Crippen LogP contribution in [0.3, 0.4) is 0 Å². The van der Waals surface area contributed by atoms with E-state index in [2.05, 4.69) is 15.3 Å². The molecule has 0 atom stereocenters. The highest BCUT2D eigenvalue weighted by atomic mass is 32.1. The molecular formula is C24H15F3N4O5S. The average Bonchev–Trinajstić information content (AvgIpc) is 3.23. The normalized spacial score (nSPS) is 12.9. The number of aromatic nitrogens is 2. The quantitative estimate of drug-likeness (QED) is 0.338. The van der Waals surface area contributed by atoms with Crippen molar-refractivity contribution in [1.82, 2.24) is 9.97 Å². The summed E-state index contributed by atoms with van der Waals surface area (Å²) < 4.78 is 48.7. The van der Waals surface area contributed by atoms with Crippen LogP contribution in [0.2, 0.25) is 0 Å². The Morgan fingerprint density at radius 3 is 2.49 bits per heavy atom. The van der Waals surface area contributed by atoms with Gasteiger partial charge in [0.05, 0.1) is 40.7 Å². The minimum absolute atomic E-state index is 0.0435. The summed E-state index contributed by atoms with van der Waals surface area (Å²) in [5.41, 5.74) is 0.750. The van der Waals surface area contributed by atoms with Crippen LogP contribution in [0, 0.1) is 6.92 Å². The lowest BCUT2D eigenvalue weighted by atomic mass is 10.1. The molecule has 4 heterocycles. The zero-order chi connectivity index (χ0) is 26.5. The first-order valence-electron chi connectivity index (χ1n) is 10.6. The zero-order valence-electron chi connectivity index (χ0n) is 19.0. The highest BCUT2D eigenvalue weighted by Crippen LogP contribution is 2.46. The van der Waals surface area contributed by atoms with Gasteiger partial charge in [-0.25, -0.2) is 24.4 Å². The Labute approximate surface area is 210 Å². The van der Waals surface area contributed by atoms with Crippen LogP contribution in [0.1, 0.15) is 31.2 Å². The summed E-state index contributed by atoms with van der Waals surface area (Å²) >= 11 is 1.08. The van der Waals surface area contributed by atoms with E-state index in [1.165, 1.54) is 36.4 Å². The SMILES string of the molecule is COC(=O)c1sc2nccc3c2c1NC(=O)N3c1ccc(C(=O)Oc2cc(C(F)(F)F)ccn2)cc1C. The molecule has 0 bridgehead atoms. The van der Waals surface area contributed by atoms with Crippen molar-refractivity contribution in [2.24, 2.45) is 0 Å². The third-order valence-electron chi connectivity index (χ3n) is 5.55. The van der Waals surface area contributed by atoms with Gasteiger partial charge in [-0.1, -0.05) is 0 Å². The number of pyridine rings is 2. The number of benzene rings is 1. The summed E-state index contributed by atoms with van der Waals surface area (Å²) in [6.07, 6.45) is -2.21. The summed E-state index contributed by atoms with van der Waals surface area (Å²) in [6, 6.07) is 6.81. The highest BCUT2D eigenvalue weighted by molar-refractivity contribution is 7.21. The average molecular weight is 528 g/mol. The Morgan fingerprint density at radius 1 is 1.03 bits per heavy atom. The molecule has 2 amide bonds. The minimum atomic E-state index is -4.62. The second-order valence-electron chi connectivity index (χ2n) is 7.84. The number of hydrogen-bond acceptors (Lipinski definition) is 8. The summed E-state index contributed by atoms with van der Waals surface area (Å²) in [5, 5.41) is 3.28. The van der Waals surface area contributed by atoms with Gasteiger partial charge in [-0.15, -0.1) is 11.3 Å². The number of halogens is 3. The lowest BCUT2D eigenvalue weighted by molar-refractivity contribution is -0.137. The van der Waals surface area contributed by atoms with E-state index in [1.54, 1.807) is 13.0 Å². The Kier molecular flexibility index (Phi) is 5.79. The number of hydrogen-bond donors (Lipinski definition) is 1. The molecule has 0 spiro atoms. The van der Waals surface area contributed by atoms with E-state index in [1.807, 2.05) is 0 Å². The Balaban J connectivity index is 1.48. The number of urea groups is 1. The molecule has 0 unspecified atom stereocenters. The molecule has 37 heavy (non-hydrogen) atoms. The van der Waals surface area contributed by atoms with Gasteiger partial charge in [0, 0.05) is 18.5 Å². The van der Waals surface area contributed by atoms with Gasteiger partial charge < -0.3 is 14.8 Å². The van der Waals surface area contributed by atoms with Gasteiger partial charge in [0.25, 0.3) is 0 Å². The number of esters is 2. The number of carbonyl (C=O) groups excluding carboxylic acids is 3. The number of anilines is 3. The maximum absolute atomic E-state index is 13.1. The van der Waals surface area contributed by atoms with E-state index >= 15 is 0 Å². The summed E-state index contributed by atoms with van der Waals surface area (Å²) in [7, 11) is 1.24. The van der Waals surface area contributed by atoms with Crippen molar-refractivity contribution in [3.8, 4) is 5.88 Å². The molecule has 1 aliphatic heterocycles. The highest BCUT2D eigenvalue weighted by Gasteiger charge is 2.34. The maximum Gasteiger partial charge on any atom is 0.416 e. The smallest absolute Gasteiger partial charge is 0.416 e. The molecule has 9 nitrogen and oxygen atoms in total. The molecule has 0 saturated heterocycles. The lowest BCUT2D eigenvalue weighted by Gasteiger charge is -2.29. The van der Waals surface area contributed by atoms with Crippen molar-refractivity contribution in [1.29, 1.82) is 0 Å². The number of methoxy groups -OCH3 is 1. The molecule has 0 radical (unpaired) electrons. The molecule has 1 N–H and O–H groups in total. The Morgan fingerprint density at radius 2 is 1.78 bits per heavy atom. The van der Waals surface area contributed by atoms with Crippen molar-refractivity contribution in [3.05, 3.63) is 70.4 Å². The largest absolute Gasteiger partial charge is 0.465 e. The molecule has 0 saturated carbocycles. The molecule has 3 aromatic heterocycles. The second-order valence-corrected chi connectivity index (χ2v) is 8.84. The van der Waals surface area contributed by atoms with E-state index in [4.69, 9.17) is 9.47 Å². The summed E-state index contributed by atoms with van der Waals surface area (Å²) in [4.78, 5) is 48.0. The van der Waals surface area contributed by atoms with Crippen molar-refractivity contribution in [2.45, 2.75) is 13.1 Å². The molecular weight excluding hydrogens is 513 g/mol. The fourth-order valence-electron chi connectivity index (χ4n) is 3.89. The van der Waals surface area contributed by atoms with Gasteiger partial charge in [0.15, 0.2) is 0 Å². The van der Waals surface area contributed by atoms with Crippen LogP contribution < -0.4 is 15.0 Å². The Bertz CT molecular complexity index is 1600. The molecule has 13 heteroatoms. The maximum atomic E-state index is 13.1. The number of alkyl halides is 3. The monoisotopic (exact) mass is 528 g/mol. The van der Waals surface area contributed by atoms with Crippen LogP contribution in [0.4, 0.5) is 35.0 Å². The zero-order valence-corrected chi connectivity index (χ0v) is 19.9. The number of carbonyl (C=O) groups is 3. The van der Waals surface area contributed by atoms with Crippen LogP contribution in [-0.4, -0.2) is 35.0 Å². The third-order valence-corrected chi connectivity index (χ3v) is 6.63. The predicted octanol–water partition coefficient (Wildman–Crippen LogP) is 5.71. The van der Waals surface area contributed by atoms with Gasteiger partial charge in [-0.05, 0) is 42.8 Å². The van der Waals surface area contributed by atoms with Gasteiger partial charge in [0.2, 0.25) is 5.88 Å². The van der Waals surface area contributed by atoms with Crippen molar-refractivity contribution < 1.29 is 37.0 Å². The first kappa shape index (κ1) is 24.2. The van der Waals surface area contributed by atoms with E-state index in [-0.39, 0.29) is 10.4 Å². The Hall–Kier alpha value is -4.52.